The van der Waals surface area contributed by atoms with Gasteiger partial charge in [-0.05, 0) is 53.9 Å². The number of anilines is 1. The Kier molecular flexibility index (Phi) is 6.05. The molecule has 1 aromatic rings. The number of hydrogen-bond acceptors (Lipinski definition) is 2. The van der Waals surface area contributed by atoms with E-state index in [9.17, 15) is 4.79 Å². The minimum atomic E-state index is 0.0947. The first-order valence-electron chi connectivity index (χ1n) is 7.49. The molecule has 0 spiro atoms. The number of hydrogen-bond donors (Lipinski definition) is 1. The van der Waals surface area contributed by atoms with E-state index in [1.807, 2.05) is 24.3 Å². The van der Waals surface area contributed by atoms with E-state index in [0.717, 1.165) is 23.2 Å². The van der Waals surface area contributed by atoms with Gasteiger partial charge in [0.1, 0.15) is 0 Å². The Morgan fingerprint density at radius 3 is 2.95 bits per heavy atom. The molecule has 4 heteroatoms. The van der Waals surface area contributed by atoms with Gasteiger partial charge in [-0.1, -0.05) is 25.5 Å². The lowest BCUT2D eigenvalue weighted by atomic mass is 10.00. The Balaban J connectivity index is 1.81. The van der Waals surface area contributed by atoms with Crippen molar-refractivity contribution in [3.8, 4) is 0 Å². The van der Waals surface area contributed by atoms with Crippen molar-refractivity contribution in [2.75, 3.05) is 18.4 Å². The lowest BCUT2D eigenvalue weighted by molar-refractivity contribution is -0.116. The molecular formula is C16H23BrN2O. The van der Waals surface area contributed by atoms with Crippen molar-refractivity contribution in [1.82, 2.24) is 4.90 Å². The van der Waals surface area contributed by atoms with Crippen LogP contribution in [0, 0.1) is 0 Å². The first kappa shape index (κ1) is 15.5. The molecule has 0 aromatic heterocycles. The summed E-state index contributed by atoms with van der Waals surface area (Å²) < 4.78 is 0.928. The third-order valence-corrected chi connectivity index (χ3v) is 4.69. The summed E-state index contributed by atoms with van der Waals surface area (Å²) in [6.07, 6.45) is 5.63. The lowest BCUT2D eigenvalue weighted by Gasteiger charge is -2.35. The Bertz CT molecular complexity index is 450. The van der Waals surface area contributed by atoms with Crippen molar-refractivity contribution in [3.63, 3.8) is 0 Å². The summed E-state index contributed by atoms with van der Waals surface area (Å²) >= 11 is 3.45. The number of carbonyl (C=O) groups excluding carboxylic acids is 1. The molecule has 0 aliphatic carbocycles. The Morgan fingerprint density at radius 2 is 2.20 bits per heavy atom. The fourth-order valence-corrected chi connectivity index (χ4v) is 3.22. The minimum absolute atomic E-state index is 0.0947. The predicted octanol–water partition coefficient (Wildman–Crippen LogP) is 4.04. The maximum atomic E-state index is 12.0. The molecule has 2 rings (SSSR count). The summed E-state index contributed by atoms with van der Waals surface area (Å²) in [6.45, 7) is 4.25. The van der Waals surface area contributed by atoms with Gasteiger partial charge in [-0.2, -0.15) is 0 Å². The highest BCUT2D eigenvalue weighted by atomic mass is 79.9. The van der Waals surface area contributed by atoms with Crippen molar-refractivity contribution in [2.24, 2.45) is 0 Å². The van der Waals surface area contributed by atoms with Gasteiger partial charge in [0.05, 0.1) is 5.69 Å². The third kappa shape index (κ3) is 4.32. The van der Waals surface area contributed by atoms with Gasteiger partial charge >= 0.3 is 0 Å². The number of nitrogens with zero attached hydrogens (tertiary/aromatic N) is 1. The van der Waals surface area contributed by atoms with E-state index in [1.54, 1.807) is 0 Å². The van der Waals surface area contributed by atoms with Gasteiger partial charge in [-0.25, -0.2) is 0 Å². The van der Waals surface area contributed by atoms with Gasteiger partial charge < -0.3 is 5.32 Å². The molecule has 1 aliphatic rings. The van der Waals surface area contributed by atoms with Crippen LogP contribution in [-0.4, -0.2) is 29.9 Å². The highest BCUT2D eigenvalue weighted by Gasteiger charge is 2.21. The highest BCUT2D eigenvalue weighted by Crippen LogP contribution is 2.22. The van der Waals surface area contributed by atoms with Gasteiger partial charge in [-0.3, -0.25) is 9.69 Å². The number of nitrogens with one attached hydrogen (secondary N) is 1. The van der Waals surface area contributed by atoms with Crippen LogP contribution < -0.4 is 5.32 Å². The summed E-state index contributed by atoms with van der Waals surface area (Å²) in [7, 11) is 0. The van der Waals surface area contributed by atoms with Crippen molar-refractivity contribution >= 4 is 27.5 Å². The predicted molar refractivity (Wildman–Crippen MR) is 86.9 cm³/mol. The van der Waals surface area contributed by atoms with Gasteiger partial charge in [0, 0.05) is 23.5 Å². The summed E-state index contributed by atoms with van der Waals surface area (Å²) in [5.41, 5.74) is 0.850. The fourth-order valence-electron chi connectivity index (χ4n) is 2.84. The van der Waals surface area contributed by atoms with Crippen LogP contribution in [0.3, 0.4) is 0 Å². The zero-order valence-electron chi connectivity index (χ0n) is 12.1. The molecule has 1 fully saturated rings. The number of rotatable bonds is 5. The standard InChI is InChI=1S/C16H23BrN2O/c1-2-13-7-5-6-11-19(13)12-10-16(20)18-15-9-4-3-8-14(15)17/h3-4,8-9,13H,2,5-7,10-12H2,1H3,(H,18,20). The molecule has 1 aliphatic heterocycles. The van der Waals surface area contributed by atoms with Crippen molar-refractivity contribution in [1.29, 1.82) is 0 Å². The summed E-state index contributed by atoms with van der Waals surface area (Å²) in [6, 6.07) is 8.39. The molecule has 3 nitrogen and oxygen atoms in total. The third-order valence-electron chi connectivity index (χ3n) is 3.99. The average molecular weight is 339 g/mol. The number of para-hydroxylation sites is 1. The molecule has 1 amide bonds. The maximum absolute atomic E-state index is 12.0. The minimum Gasteiger partial charge on any atom is -0.325 e. The molecule has 0 radical (unpaired) electrons. The van der Waals surface area contributed by atoms with Crippen LogP contribution in [0.2, 0.25) is 0 Å². The lowest BCUT2D eigenvalue weighted by Crippen LogP contribution is -2.40. The molecule has 1 unspecified atom stereocenters. The van der Waals surface area contributed by atoms with E-state index in [0.29, 0.717) is 12.5 Å². The zero-order valence-corrected chi connectivity index (χ0v) is 13.7. The number of benzene rings is 1. The molecule has 1 N–H and O–H groups in total. The first-order chi connectivity index (χ1) is 9.70. The smallest absolute Gasteiger partial charge is 0.225 e. The number of amides is 1. The Morgan fingerprint density at radius 1 is 1.40 bits per heavy atom. The quantitative estimate of drug-likeness (QED) is 0.878. The van der Waals surface area contributed by atoms with Gasteiger partial charge in [-0.15, -0.1) is 0 Å². The topological polar surface area (TPSA) is 32.3 Å². The number of piperidine rings is 1. The average Bonchev–Trinajstić information content (AvgIpc) is 2.48. The van der Waals surface area contributed by atoms with E-state index in [1.165, 1.54) is 25.7 Å². The first-order valence-corrected chi connectivity index (χ1v) is 8.28. The normalized spacial score (nSPS) is 19.8. The van der Waals surface area contributed by atoms with E-state index < -0.39 is 0 Å². The molecule has 0 bridgehead atoms. The molecule has 1 aromatic carbocycles. The highest BCUT2D eigenvalue weighted by molar-refractivity contribution is 9.10. The van der Waals surface area contributed by atoms with Crippen LogP contribution in [-0.2, 0) is 4.79 Å². The van der Waals surface area contributed by atoms with E-state index in [4.69, 9.17) is 0 Å². The van der Waals surface area contributed by atoms with Crippen molar-refractivity contribution in [3.05, 3.63) is 28.7 Å². The largest absolute Gasteiger partial charge is 0.325 e. The van der Waals surface area contributed by atoms with E-state index in [2.05, 4.69) is 33.1 Å². The van der Waals surface area contributed by atoms with E-state index >= 15 is 0 Å². The molecule has 1 saturated heterocycles. The van der Waals surface area contributed by atoms with Gasteiger partial charge in [0.25, 0.3) is 0 Å². The number of halogens is 1. The van der Waals surface area contributed by atoms with Gasteiger partial charge in [0.2, 0.25) is 5.91 Å². The number of carbonyl (C=O) groups is 1. The van der Waals surface area contributed by atoms with Crippen LogP contribution >= 0.6 is 15.9 Å². The SMILES string of the molecule is CCC1CCCCN1CCC(=O)Nc1ccccc1Br. The van der Waals surface area contributed by atoms with Crippen LogP contribution in [0.5, 0.6) is 0 Å². The van der Waals surface area contributed by atoms with Crippen molar-refractivity contribution in [2.45, 2.75) is 45.1 Å². The zero-order chi connectivity index (χ0) is 14.4. The van der Waals surface area contributed by atoms with Gasteiger partial charge in [0.15, 0.2) is 0 Å². The molecule has 1 atom stereocenters. The molecule has 110 valence electrons. The monoisotopic (exact) mass is 338 g/mol. The second kappa shape index (κ2) is 7.79. The summed E-state index contributed by atoms with van der Waals surface area (Å²) in [5.74, 6) is 0.0947. The van der Waals surface area contributed by atoms with E-state index in [-0.39, 0.29) is 5.91 Å². The molecule has 0 saturated carbocycles. The van der Waals surface area contributed by atoms with Crippen LogP contribution in [0.15, 0.2) is 28.7 Å². The van der Waals surface area contributed by atoms with Crippen LogP contribution in [0.1, 0.15) is 39.0 Å². The summed E-state index contributed by atoms with van der Waals surface area (Å²) in [5, 5.41) is 2.97. The second-order valence-corrected chi connectivity index (χ2v) is 6.23. The number of likely N-dealkylation sites (tertiary alicyclic amines) is 1. The molecule has 20 heavy (non-hydrogen) atoms. The van der Waals surface area contributed by atoms with Crippen LogP contribution in [0.4, 0.5) is 5.69 Å². The molecular weight excluding hydrogens is 316 g/mol. The van der Waals surface area contributed by atoms with Crippen molar-refractivity contribution < 1.29 is 4.79 Å². The second-order valence-electron chi connectivity index (χ2n) is 5.37. The Hall–Kier alpha value is -0.870. The summed E-state index contributed by atoms with van der Waals surface area (Å²) in [4.78, 5) is 14.5. The van der Waals surface area contributed by atoms with Crippen LogP contribution in [0.25, 0.3) is 0 Å². The fraction of sp³-hybridized carbons (Fsp3) is 0.562. The Labute approximate surface area is 129 Å². The molecule has 1 heterocycles. The maximum Gasteiger partial charge on any atom is 0.225 e.